The van der Waals surface area contributed by atoms with Gasteiger partial charge in [-0.2, -0.15) is 0 Å². The molecule has 5 aromatic rings. The molecular formula is C35H33N5O2S. The predicted octanol–water partition coefficient (Wildman–Crippen LogP) is 6.99. The third-order valence-electron chi connectivity index (χ3n) is 7.96. The summed E-state index contributed by atoms with van der Waals surface area (Å²) in [6, 6.07) is 33.1. The molecule has 7 nitrogen and oxygen atoms in total. The fraction of sp³-hybridized carbons (Fsp3) is 0.171. The molecule has 2 unspecified atom stereocenters. The van der Waals surface area contributed by atoms with Crippen LogP contribution in [0.2, 0.25) is 0 Å². The highest BCUT2D eigenvalue weighted by atomic mass is 32.1. The summed E-state index contributed by atoms with van der Waals surface area (Å²) < 4.78 is 7.90. The Morgan fingerprint density at radius 3 is 2.21 bits per heavy atom. The van der Waals surface area contributed by atoms with E-state index in [1.807, 2.05) is 85.1 Å². The van der Waals surface area contributed by atoms with E-state index in [-0.39, 0.29) is 24.6 Å². The molecule has 3 aromatic carbocycles. The van der Waals surface area contributed by atoms with Gasteiger partial charge in [-0.3, -0.25) is 9.78 Å². The molecule has 1 fully saturated rings. The zero-order valence-electron chi connectivity index (χ0n) is 24.3. The molecule has 6 rings (SSSR count). The fourth-order valence-electron chi connectivity index (χ4n) is 5.90. The van der Waals surface area contributed by atoms with Gasteiger partial charge in [0.2, 0.25) is 0 Å². The van der Waals surface area contributed by atoms with Crippen molar-refractivity contribution < 1.29 is 9.53 Å². The summed E-state index contributed by atoms with van der Waals surface area (Å²) in [6.07, 6.45) is 1.82. The first-order valence-corrected chi connectivity index (χ1v) is 14.7. The maximum absolute atomic E-state index is 12.6. The summed E-state index contributed by atoms with van der Waals surface area (Å²) in [5.41, 5.74) is 8.41. The zero-order valence-corrected chi connectivity index (χ0v) is 25.1. The van der Waals surface area contributed by atoms with Crippen molar-refractivity contribution in [2.75, 3.05) is 16.8 Å². The number of hydrogen-bond donors (Lipinski definition) is 2. The van der Waals surface area contributed by atoms with Gasteiger partial charge >= 0.3 is 0 Å². The Morgan fingerprint density at radius 2 is 1.53 bits per heavy atom. The minimum Gasteiger partial charge on any atom is -0.484 e. The number of nitrogens with zero attached hydrogens (tertiary/aromatic N) is 3. The molecule has 0 spiro atoms. The highest BCUT2D eigenvalue weighted by Gasteiger charge is 2.43. The van der Waals surface area contributed by atoms with Gasteiger partial charge < -0.3 is 24.8 Å². The van der Waals surface area contributed by atoms with Gasteiger partial charge in [-0.25, -0.2) is 0 Å². The summed E-state index contributed by atoms with van der Waals surface area (Å²) in [4.78, 5) is 19.4. The number of carbonyl (C=O) groups is 1. The first-order chi connectivity index (χ1) is 20.9. The highest BCUT2D eigenvalue weighted by molar-refractivity contribution is 7.80. The second-order valence-electron chi connectivity index (χ2n) is 10.6. The molecule has 2 aromatic heterocycles. The lowest BCUT2D eigenvalue weighted by atomic mass is 9.93. The van der Waals surface area contributed by atoms with Crippen molar-refractivity contribution in [1.29, 1.82) is 0 Å². The van der Waals surface area contributed by atoms with Crippen molar-refractivity contribution >= 4 is 34.6 Å². The average Bonchev–Trinajstić information content (AvgIpc) is 3.48. The predicted molar refractivity (Wildman–Crippen MR) is 175 cm³/mol. The Hall–Kier alpha value is -4.95. The van der Waals surface area contributed by atoms with Crippen LogP contribution in [0.4, 0.5) is 11.4 Å². The number of thiocarbonyl (C=S) groups is 1. The summed E-state index contributed by atoms with van der Waals surface area (Å²) in [7, 11) is 0. The molecule has 1 amide bonds. The molecule has 43 heavy (non-hydrogen) atoms. The van der Waals surface area contributed by atoms with Gasteiger partial charge in [0.1, 0.15) is 5.75 Å². The first kappa shape index (κ1) is 28.2. The van der Waals surface area contributed by atoms with Crippen LogP contribution in [0.3, 0.4) is 0 Å². The van der Waals surface area contributed by atoms with E-state index < -0.39 is 0 Å². The number of carbonyl (C=O) groups excluding carboxylic acids is 1. The van der Waals surface area contributed by atoms with Crippen LogP contribution < -0.4 is 20.3 Å². The number of ether oxygens (including phenoxy) is 1. The maximum atomic E-state index is 12.6. The van der Waals surface area contributed by atoms with Crippen LogP contribution in [0.1, 0.15) is 40.3 Å². The monoisotopic (exact) mass is 587 g/mol. The number of para-hydroxylation sites is 2. The minimum atomic E-state index is -0.230. The number of benzene rings is 3. The van der Waals surface area contributed by atoms with Crippen LogP contribution in [0, 0.1) is 20.8 Å². The Morgan fingerprint density at radius 1 is 0.860 bits per heavy atom. The molecule has 1 aliphatic rings. The van der Waals surface area contributed by atoms with Crippen LogP contribution in [0.5, 0.6) is 5.75 Å². The lowest BCUT2D eigenvalue weighted by Crippen LogP contribution is -2.30. The zero-order chi connectivity index (χ0) is 29.9. The number of aromatic nitrogens is 2. The van der Waals surface area contributed by atoms with Gasteiger partial charge in [-0.1, -0.05) is 42.5 Å². The Bertz CT molecular complexity index is 1740. The van der Waals surface area contributed by atoms with Crippen molar-refractivity contribution in [3.63, 3.8) is 0 Å². The van der Waals surface area contributed by atoms with Gasteiger partial charge in [0.25, 0.3) is 5.91 Å². The molecule has 0 bridgehead atoms. The normalized spacial score (nSPS) is 16.2. The van der Waals surface area contributed by atoms with Gasteiger partial charge in [0.05, 0.1) is 17.8 Å². The second kappa shape index (κ2) is 12.1. The molecule has 0 aliphatic carbocycles. The van der Waals surface area contributed by atoms with Crippen LogP contribution in [-0.4, -0.2) is 27.2 Å². The van der Waals surface area contributed by atoms with E-state index in [2.05, 4.69) is 65.1 Å². The number of amides is 1. The summed E-state index contributed by atoms with van der Waals surface area (Å²) in [5, 5.41) is 7.11. The number of hydrogen-bond acceptors (Lipinski definition) is 4. The molecule has 0 saturated carbocycles. The van der Waals surface area contributed by atoms with E-state index in [9.17, 15) is 4.79 Å². The third kappa shape index (κ3) is 5.61. The lowest BCUT2D eigenvalue weighted by Gasteiger charge is -2.29. The van der Waals surface area contributed by atoms with Gasteiger partial charge in [0.15, 0.2) is 11.7 Å². The number of pyridine rings is 1. The average molecular weight is 588 g/mol. The molecule has 2 atom stereocenters. The van der Waals surface area contributed by atoms with Crippen molar-refractivity contribution in [3.8, 4) is 11.4 Å². The molecule has 1 saturated heterocycles. The minimum absolute atomic E-state index is 0.0734. The van der Waals surface area contributed by atoms with Gasteiger partial charge in [-0.15, -0.1) is 0 Å². The summed E-state index contributed by atoms with van der Waals surface area (Å²) >= 11 is 5.97. The third-order valence-corrected chi connectivity index (χ3v) is 8.27. The van der Waals surface area contributed by atoms with Gasteiger partial charge in [-0.05, 0) is 99.2 Å². The van der Waals surface area contributed by atoms with Gasteiger partial charge in [0, 0.05) is 40.2 Å². The van der Waals surface area contributed by atoms with Crippen LogP contribution in [0.15, 0.2) is 109 Å². The lowest BCUT2D eigenvalue weighted by molar-refractivity contribution is -0.118. The molecule has 3 heterocycles. The molecule has 8 heteroatoms. The maximum Gasteiger partial charge on any atom is 0.262 e. The molecule has 0 radical (unpaired) electrons. The Labute approximate surface area is 257 Å². The van der Waals surface area contributed by atoms with E-state index in [0.717, 1.165) is 22.8 Å². The molecular weight excluding hydrogens is 554 g/mol. The van der Waals surface area contributed by atoms with E-state index >= 15 is 0 Å². The first-order valence-electron chi connectivity index (χ1n) is 14.2. The SMILES string of the molecule is Cc1c(C2C(c3ccccn3)NC(=S)N2c2ccc(NC(=O)COc3ccccc3)cc2)c(C)n(-c2ccccc2)c1C. The largest absolute Gasteiger partial charge is 0.484 e. The molecule has 2 N–H and O–H groups in total. The van der Waals surface area contributed by atoms with Crippen molar-refractivity contribution in [1.82, 2.24) is 14.9 Å². The quantitative estimate of drug-likeness (QED) is 0.191. The highest BCUT2D eigenvalue weighted by Crippen LogP contribution is 2.45. The fourth-order valence-corrected chi connectivity index (χ4v) is 6.25. The number of anilines is 2. The van der Waals surface area contributed by atoms with Crippen LogP contribution in [-0.2, 0) is 4.79 Å². The van der Waals surface area contributed by atoms with E-state index in [1.165, 1.54) is 16.8 Å². The standard InChI is InChI=1S/C35H33N5O2S/c1-23-24(2)39(27-12-6-4-7-13-27)25(3)32(23)34-33(30-16-10-11-21-36-30)38-35(43)40(34)28-19-17-26(18-20-28)37-31(41)22-42-29-14-8-5-9-15-29/h4-21,33-34H,22H2,1-3H3,(H,37,41)(H,38,43). The summed E-state index contributed by atoms with van der Waals surface area (Å²) in [5.74, 6) is 0.422. The Balaban J connectivity index is 1.33. The van der Waals surface area contributed by atoms with E-state index in [1.54, 1.807) is 0 Å². The smallest absolute Gasteiger partial charge is 0.262 e. The second-order valence-corrected chi connectivity index (χ2v) is 11.0. The van der Waals surface area contributed by atoms with Crippen molar-refractivity contribution in [2.45, 2.75) is 32.9 Å². The van der Waals surface area contributed by atoms with E-state index in [0.29, 0.717) is 16.5 Å². The number of rotatable bonds is 8. The van der Waals surface area contributed by atoms with Crippen molar-refractivity contribution in [3.05, 3.63) is 138 Å². The Kier molecular flexibility index (Phi) is 7.94. The van der Waals surface area contributed by atoms with E-state index in [4.69, 9.17) is 21.9 Å². The topological polar surface area (TPSA) is 71.4 Å². The van der Waals surface area contributed by atoms with Crippen LogP contribution in [0.25, 0.3) is 5.69 Å². The van der Waals surface area contributed by atoms with Crippen LogP contribution >= 0.6 is 12.2 Å². The molecule has 216 valence electrons. The molecule has 1 aliphatic heterocycles. The summed E-state index contributed by atoms with van der Waals surface area (Å²) in [6.45, 7) is 6.45. The number of nitrogens with one attached hydrogen (secondary N) is 2. The van der Waals surface area contributed by atoms with Crippen molar-refractivity contribution in [2.24, 2.45) is 0 Å².